The average Bonchev–Trinajstić information content (AvgIpc) is 2.56. The molecule has 0 saturated heterocycles. The molecule has 1 aromatic carbocycles. The van der Waals surface area contributed by atoms with Crippen LogP contribution in [0.4, 0.5) is 5.69 Å². The Hall–Kier alpha value is -1.18. The van der Waals surface area contributed by atoms with Crippen LogP contribution >= 0.6 is 24.0 Å². The first-order valence-corrected chi connectivity index (χ1v) is 7.96. The Morgan fingerprint density at radius 3 is 2.39 bits per heavy atom. The van der Waals surface area contributed by atoms with Crippen LogP contribution in [0.5, 0.6) is 11.5 Å². The van der Waals surface area contributed by atoms with Gasteiger partial charge in [0.2, 0.25) is 0 Å². The second-order valence-corrected chi connectivity index (χ2v) is 5.06. The van der Waals surface area contributed by atoms with E-state index in [2.05, 4.69) is 29.5 Å². The monoisotopic (exact) mass is 435 g/mol. The van der Waals surface area contributed by atoms with Crippen LogP contribution < -0.4 is 20.1 Å². The number of rotatable bonds is 8. The maximum Gasteiger partial charge on any atom is 0.195 e. The lowest BCUT2D eigenvalue weighted by Gasteiger charge is -2.17. The Balaban J connectivity index is 0.00000484. The van der Waals surface area contributed by atoms with Crippen molar-refractivity contribution in [3.8, 4) is 11.5 Å². The number of halogens is 1. The van der Waals surface area contributed by atoms with Crippen molar-refractivity contribution >= 4 is 35.6 Å². The molecule has 1 aromatic rings. The molecule has 0 unspecified atom stereocenters. The molecule has 23 heavy (non-hydrogen) atoms. The second kappa shape index (κ2) is 12.3. The third-order valence-electron chi connectivity index (χ3n) is 3.66. The summed E-state index contributed by atoms with van der Waals surface area (Å²) in [7, 11) is 3.41. The molecule has 0 fully saturated rings. The smallest absolute Gasteiger partial charge is 0.195 e. The molecule has 0 aromatic heterocycles. The van der Waals surface area contributed by atoms with Crippen LogP contribution in [0, 0.1) is 5.92 Å². The molecule has 0 atom stereocenters. The van der Waals surface area contributed by atoms with Crippen molar-refractivity contribution in [2.45, 2.75) is 33.6 Å². The number of hydrogen-bond donors (Lipinski definition) is 2. The highest BCUT2D eigenvalue weighted by Gasteiger charge is 2.08. The number of nitrogens with zero attached hydrogens (tertiary/aromatic N) is 1. The Morgan fingerprint density at radius 1 is 1.17 bits per heavy atom. The quantitative estimate of drug-likeness (QED) is 0.366. The van der Waals surface area contributed by atoms with Crippen LogP contribution in [0.25, 0.3) is 0 Å². The minimum atomic E-state index is 0. The molecule has 0 radical (unpaired) electrons. The van der Waals surface area contributed by atoms with E-state index in [1.54, 1.807) is 14.2 Å². The maximum absolute atomic E-state index is 5.52. The van der Waals surface area contributed by atoms with E-state index in [0.717, 1.165) is 36.8 Å². The Bertz CT molecular complexity index is 477. The van der Waals surface area contributed by atoms with Gasteiger partial charge < -0.3 is 20.1 Å². The summed E-state index contributed by atoms with van der Waals surface area (Å²) in [6, 6.07) is 5.77. The summed E-state index contributed by atoms with van der Waals surface area (Å²) >= 11 is 0. The average molecular weight is 435 g/mol. The van der Waals surface area contributed by atoms with Gasteiger partial charge in [-0.05, 0) is 25.0 Å². The van der Waals surface area contributed by atoms with Gasteiger partial charge in [0, 0.05) is 25.3 Å². The lowest BCUT2D eigenvalue weighted by atomic mass is 10.0. The number of methoxy groups -OCH3 is 1. The largest absolute Gasteiger partial charge is 0.493 e. The zero-order valence-corrected chi connectivity index (χ0v) is 17.1. The van der Waals surface area contributed by atoms with E-state index in [9.17, 15) is 0 Å². The van der Waals surface area contributed by atoms with E-state index >= 15 is 0 Å². The normalized spacial score (nSPS) is 11.0. The molecule has 0 amide bonds. The standard InChI is InChI=1S/C17H29N3O2.HI/c1-6-13(7-2)12-19-17(18-4)20-14-9-10-15(22-8-3)16(11-14)21-5;/h9-11,13H,6-8,12H2,1-5H3,(H2,18,19,20);1H. The minimum Gasteiger partial charge on any atom is -0.493 e. The minimum absolute atomic E-state index is 0. The van der Waals surface area contributed by atoms with Crippen LogP contribution in [-0.4, -0.2) is 33.3 Å². The van der Waals surface area contributed by atoms with Gasteiger partial charge in [0.25, 0.3) is 0 Å². The number of anilines is 1. The molecular weight excluding hydrogens is 405 g/mol. The predicted octanol–water partition coefficient (Wildman–Crippen LogP) is 4.14. The van der Waals surface area contributed by atoms with Crippen molar-refractivity contribution < 1.29 is 9.47 Å². The van der Waals surface area contributed by atoms with Crippen molar-refractivity contribution in [3.63, 3.8) is 0 Å². The maximum atomic E-state index is 5.52. The van der Waals surface area contributed by atoms with Crippen LogP contribution in [0.3, 0.4) is 0 Å². The van der Waals surface area contributed by atoms with E-state index in [4.69, 9.17) is 9.47 Å². The van der Waals surface area contributed by atoms with Crippen LogP contribution in [0.15, 0.2) is 23.2 Å². The molecular formula is C17H30IN3O2. The summed E-state index contributed by atoms with van der Waals surface area (Å²) in [4.78, 5) is 4.26. The summed E-state index contributed by atoms with van der Waals surface area (Å²) in [5.74, 6) is 2.88. The van der Waals surface area contributed by atoms with Gasteiger partial charge in [-0.15, -0.1) is 24.0 Å². The molecule has 1 rings (SSSR count). The van der Waals surface area contributed by atoms with Gasteiger partial charge in [0.15, 0.2) is 17.5 Å². The number of nitrogens with one attached hydrogen (secondary N) is 2. The molecule has 6 heteroatoms. The van der Waals surface area contributed by atoms with Gasteiger partial charge in [-0.1, -0.05) is 26.7 Å². The fourth-order valence-electron chi connectivity index (χ4n) is 2.15. The molecule has 0 aliphatic carbocycles. The number of hydrogen-bond acceptors (Lipinski definition) is 3. The Morgan fingerprint density at radius 2 is 1.87 bits per heavy atom. The highest BCUT2D eigenvalue weighted by Crippen LogP contribution is 2.30. The first-order chi connectivity index (χ1) is 10.7. The summed E-state index contributed by atoms with van der Waals surface area (Å²) in [5, 5.41) is 6.64. The molecule has 0 spiro atoms. The number of ether oxygens (including phenoxy) is 2. The van der Waals surface area contributed by atoms with E-state index in [1.165, 1.54) is 0 Å². The van der Waals surface area contributed by atoms with E-state index in [0.29, 0.717) is 18.3 Å². The Labute approximate surface area is 157 Å². The van der Waals surface area contributed by atoms with Gasteiger partial charge in [-0.3, -0.25) is 4.99 Å². The fourth-order valence-corrected chi connectivity index (χ4v) is 2.15. The number of benzene rings is 1. The van der Waals surface area contributed by atoms with Crippen molar-refractivity contribution in [2.24, 2.45) is 10.9 Å². The summed E-state index contributed by atoms with van der Waals surface area (Å²) in [6.45, 7) is 7.91. The predicted molar refractivity (Wildman–Crippen MR) is 109 cm³/mol. The summed E-state index contributed by atoms with van der Waals surface area (Å²) < 4.78 is 10.9. The highest BCUT2D eigenvalue weighted by molar-refractivity contribution is 14.0. The van der Waals surface area contributed by atoms with E-state index < -0.39 is 0 Å². The second-order valence-electron chi connectivity index (χ2n) is 5.06. The summed E-state index contributed by atoms with van der Waals surface area (Å²) in [5.41, 5.74) is 0.915. The third kappa shape index (κ3) is 7.28. The number of guanidine groups is 1. The number of aliphatic imine (C=N–C) groups is 1. The zero-order chi connectivity index (χ0) is 16.4. The SMILES string of the molecule is CCOc1ccc(NC(=NC)NCC(CC)CC)cc1OC.I. The first-order valence-electron chi connectivity index (χ1n) is 7.96. The van der Waals surface area contributed by atoms with Crippen LogP contribution in [-0.2, 0) is 0 Å². The van der Waals surface area contributed by atoms with Gasteiger partial charge in [-0.25, -0.2) is 0 Å². The lowest BCUT2D eigenvalue weighted by molar-refractivity contribution is 0.311. The molecule has 5 nitrogen and oxygen atoms in total. The van der Waals surface area contributed by atoms with E-state index in [1.807, 2.05) is 25.1 Å². The van der Waals surface area contributed by atoms with Crippen LogP contribution in [0.1, 0.15) is 33.6 Å². The summed E-state index contributed by atoms with van der Waals surface area (Å²) in [6.07, 6.45) is 2.33. The van der Waals surface area contributed by atoms with Crippen LogP contribution in [0.2, 0.25) is 0 Å². The zero-order valence-electron chi connectivity index (χ0n) is 14.8. The van der Waals surface area contributed by atoms with Crippen molar-refractivity contribution in [3.05, 3.63) is 18.2 Å². The molecule has 0 bridgehead atoms. The highest BCUT2D eigenvalue weighted by atomic mass is 127. The van der Waals surface area contributed by atoms with Gasteiger partial charge >= 0.3 is 0 Å². The van der Waals surface area contributed by atoms with Gasteiger partial charge in [0.05, 0.1) is 13.7 Å². The molecule has 0 saturated carbocycles. The molecule has 132 valence electrons. The van der Waals surface area contributed by atoms with Crippen molar-refractivity contribution in [2.75, 3.05) is 32.6 Å². The van der Waals surface area contributed by atoms with E-state index in [-0.39, 0.29) is 24.0 Å². The fraction of sp³-hybridized carbons (Fsp3) is 0.588. The van der Waals surface area contributed by atoms with Crippen molar-refractivity contribution in [1.82, 2.24) is 5.32 Å². The van der Waals surface area contributed by atoms with Gasteiger partial charge in [-0.2, -0.15) is 0 Å². The molecule has 0 heterocycles. The molecule has 0 aliphatic heterocycles. The van der Waals surface area contributed by atoms with Crippen molar-refractivity contribution in [1.29, 1.82) is 0 Å². The first kappa shape index (κ1) is 21.8. The topological polar surface area (TPSA) is 54.9 Å². The molecule has 0 aliphatic rings. The molecule has 2 N–H and O–H groups in total. The third-order valence-corrected chi connectivity index (χ3v) is 3.66. The lowest BCUT2D eigenvalue weighted by Crippen LogP contribution is -2.34. The Kier molecular flexibility index (Phi) is 11.6. The van der Waals surface area contributed by atoms with Gasteiger partial charge in [0.1, 0.15) is 0 Å².